The number of H-pyrrole nitrogens is 2. The average Bonchev–Trinajstić information content (AvgIpc) is 2.78. The van der Waals surface area contributed by atoms with E-state index < -0.39 is 17.1 Å². The van der Waals surface area contributed by atoms with E-state index in [1.165, 1.54) is 7.11 Å². The topological polar surface area (TPSA) is 95.3 Å². The van der Waals surface area contributed by atoms with Gasteiger partial charge in [0.2, 0.25) is 0 Å². The number of nitrogens with one attached hydrogen (secondary N) is 2. The maximum atomic E-state index is 12.5. The summed E-state index contributed by atoms with van der Waals surface area (Å²) >= 11 is 1.76. The molecule has 1 aromatic heterocycles. The van der Waals surface area contributed by atoms with E-state index in [9.17, 15) is 14.4 Å². The molecule has 2 N–H and O–H groups in total. The van der Waals surface area contributed by atoms with Crippen molar-refractivity contribution in [3.05, 3.63) is 96.6 Å². The normalized spacial score (nSPS) is 12.4. The van der Waals surface area contributed by atoms with Crippen LogP contribution in [-0.4, -0.2) is 54.3 Å². The number of thioether (sulfide) groups is 1. The number of ether oxygens (including phenoxy) is 1. The summed E-state index contributed by atoms with van der Waals surface area (Å²) in [4.78, 5) is 45.0. The third-order valence-electron chi connectivity index (χ3n) is 4.63. The fourth-order valence-electron chi connectivity index (χ4n) is 2.87. The summed E-state index contributed by atoms with van der Waals surface area (Å²) in [5.41, 5.74) is 1.07. The number of hydrogen-bond donors (Lipinski definition) is 2. The minimum atomic E-state index is -0.442. The Bertz CT molecular complexity index is 1310. The van der Waals surface area contributed by atoms with Gasteiger partial charge in [-0.2, -0.15) is 0 Å². The summed E-state index contributed by atoms with van der Waals surface area (Å²) in [5, 5.41) is 0.312. The van der Waals surface area contributed by atoms with E-state index >= 15 is 0 Å². The van der Waals surface area contributed by atoms with Crippen LogP contribution in [0.3, 0.4) is 0 Å². The number of benzene rings is 2. The van der Waals surface area contributed by atoms with Crippen LogP contribution in [0.4, 0.5) is 0 Å². The van der Waals surface area contributed by atoms with Crippen molar-refractivity contribution in [3.63, 3.8) is 0 Å². The van der Waals surface area contributed by atoms with Gasteiger partial charge in [-0.05, 0) is 61.6 Å². The second kappa shape index (κ2) is 10.8. The van der Waals surface area contributed by atoms with Gasteiger partial charge in [0, 0.05) is 17.2 Å². The van der Waals surface area contributed by atoms with Crippen molar-refractivity contribution in [1.29, 1.82) is 0 Å². The molecule has 0 radical (unpaired) electrons. The van der Waals surface area contributed by atoms with Gasteiger partial charge in [0.25, 0.3) is 11.1 Å². The molecule has 32 heavy (non-hydrogen) atoms. The Morgan fingerprint density at radius 1 is 0.906 bits per heavy atom. The van der Waals surface area contributed by atoms with Crippen LogP contribution < -0.4 is 21.8 Å². The molecule has 166 valence electrons. The van der Waals surface area contributed by atoms with E-state index in [0.29, 0.717) is 11.1 Å². The zero-order valence-corrected chi connectivity index (χ0v) is 19.0. The molecule has 7 nitrogen and oxygen atoms in total. The summed E-state index contributed by atoms with van der Waals surface area (Å²) in [5.74, 6) is 0.551. The van der Waals surface area contributed by atoms with Crippen molar-refractivity contribution in [1.82, 2.24) is 14.9 Å². The first-order valence-electron chi connectivity index (χ1n) is 9.98. The molecule has 0 spiro atoms. The van der Waals surface area contributed by atoms with E-state index in [1.807, 2.05) is 38.4 Å². The van der Waals surface area contributed by atoms with Crippen LogP contribution in [0, 0.1) is 0 Å². The van der Waals surface area contributed by atoms with Crippen LogP contribution in [0.2, 0.25) is 0 Å². The van der Waals surface area contributed by atoms with Crippen molar-refractivity contribution in [2.24, 2.45) is 0 Å². The molecule has 3 rings (SSSR count). The summed E-state index contributed by atoms with van der Waals surface area (Å²) in [6, 6.07) is 14.3. The largest absolute Gasteiger partial charge is 0.465 e. The minimum absolute atomic E-state index is 0.130. The average molecular weight is 452 g/mol. The highest BCUT2D eigenvalue weighted by atomic mass is 32.2. The van der Waals surface area contributed by atoms with Gasteiger partial charge in [0.15, 0.2) is 0 Å². The molecule has 0 unspecified atom stereocenters. The first-order valence-corrected chi connectivity index (χ1v) is 11.0. The molecular formula is C24H25N3O4S. The SMILES string of the molecule is COC(=O)c1ccc(/C=c2\[nH]c(=O)/c(=C/c3ccc(SCCN(C)C)cc3)[nH]c2=O)cc1. The van der Waals surface area contributed by atoms with Crippen molar-refractivity contribution in [3.8, 4) is 0 Å². The number of aromatic amines is 2. The van der Waals surface area contributed by atoms with Crippen LogP contribution in [0.5, 0.6) is 0 Å². The summed E-state index contributed by atoms with van der Waals surface area (Å²) in [7, 11) is 5.40. The Morgan fingerprint density at radius 3 is 1.88 bits per heavy atom. The summed E-state index contributed by atoms with van der Waals surface area (Å²) in [6.07, 6.45) is 3.19. The lowest BCUT2D eigenvalue weighted by Gasteiger charge is -2.08. The number of aromatic nitrogens is 2. The number of esters is 1. The summed E-state index contributed by atoms with van der Waals surface area (Å²) < 4.78 is 4.67. The molecule has 0 aliphatic rings. The van der Waals surface area contributed by atoms with Gasteiger partial charge in [0.05, 0.1) is 12.7 Å². The lowest BCUT2D eigenvalue weighted by molar-refractivity contribution is 0.0600. The number of nitrogens with zero attached hydrogens (tertiary/aromatic N) is 1. The second-order valence-electron chi connectivity index (χ2n) is 7.36. The quantitative estimate of drug-likeness (QED) is 0.414. The Balaban J connectivity index is 1.83. The van der Waals surface area contributed by atoms with E-state index in [4.69, 9.17) is 0 Å². The van der Waals surface area contributed by atoms with Crippen LogP contribution in [0.1, 0.15) is 21.5 Å². The lowest BCUT2D eigenvalue weighted by Crippen LogP contribution is -2.46. The molecule has 0 saturated carbocycles. The van der Waals surface area contributed by atoms with E-state index in [0.717, 1.165) is 22.8 Å². The molecule has 8 heteroatoms. The first-order chi connectivity index (χ1) is 15.4. The fraction of sp³-hybridized carbons (Fsp3) is 0.208. The zero-order chi connectivity index (χ0) is 23.1. The smallest absolute Gasteiger partial charge is 0.337 e. The fourth-order valence-corrected chi connectivity index (χ4v) is 3.89. The maximum Gasteiger partial charge on any atom is 0.337 e. The standard InChI is InChI=1S/C24H25N3O4S/c1-27(2)12-13-32-19-10-6-17(7-11-19)15-21-23(29)25-20(22(28)26-21)14-16-4-8-18(9-5-16)24(30)31-3/h4-11,14-15H,12-13H2,1-3H3,(H,25,29)(H,26,28)/b20-14-,21-15-. The molecule has 3 aromatic rings. The van der Waals surface area contributed by atoms with Crippen LogP contribution in [0.15, 0.2) is 63.0 Å². The number of carbonyl (C=O) groups is 1. The molecule has 1 heterocycles. The zero-order valence-electron chi connectivity index (χ0n) is 18.2. The monoisotopic (exact) mass is 451 g/mol. The van der Waals surface area contributed by atoms with Crippen LogP contribution >= 0.6 is 11.8 Å². The van der Waals surface area contributed by atoms with Gasteiger partial charge in [-0.3, -0.25) is 9.59 Å². The van der Waals surface area contributed by atoms with Crippen molar-refractivity contribution in [2.75, 3.05) is 33.5 Å². The molecule has 0 aliphatic carbocycles. The van der Waals surface area contributed by atoms with Gasteiger partial charge in [0.1, 0.15) is 10.7 Å². The molecule has 0 bridgehead atoms. The Labute approximate surface area is 189 Å². The molecule has 0 saturated heterocycles. The highest BCUT2D eigenvalue weighted by Crippen LogP contribution is 2.18. The van der Waals surface area contributed by atoms with Crippen molar-refractivity contribution >= 4 is 29.9 Å². The van der Waals surface area contributed by atoms with Gasteiger partial charge >= 0.3 is 5.97 Å². The van der Waals surface area contributed by atoms with Crippen LogP contribution in [-0.2, 0) is 4.74 Å². The Kier molecular flexibility index (Phi) is 7.86. The number of rotatable bonds is 7. The number of methoxy groups -OCH3 is 1. The molecule has 0 fully saturated rings. The molecule has 0 amide bonds. The maximum absolute atomic E-state index is 12.5. The highest BCUT2D eigenvalue weighted by Gasteiger charge is 2.04. The van der Waals surface area contributed by atoms with Gasteiger partial charge in [-0.25, -0.2) is 4.79 Å². The van der Waals surface area contributed by atoms with Crippen LogP contribution in [0.25, 0.3) is 12.2 Å². The third kappa shape index (κ3) is 6.32. The molecular weight excluding hydrogens is 426 g/mol. The number of hydrogen-bond acceptors (Lipinski definition) is 6. The first kappa shape index (κ1) is 23.3. The van der Waals surface area contributed by atoms with Gasteiger partial charge in [-0.1, -0.05) is 24.3 Å². The summed E-state index contributed by atoms with van der Waals surface area (Å²) in [6.45, 7) is 0.994. The minimum Gasteiger partial charge on any atom is -0.465 e. The molecule has 0 atom stereocenters. The van der Waals surface area contributed by atoms with Gasteiger partial charge < -0.3 is 19.6 Å². The van der Waals surface area contributed by atoms with E-state index in [-0.39, 0.29) is 10.7 Å². The predicted octanol–water partition coefficient (Wildman–Crippen LogP) is 1.16. The predicted molar refractivity (Wildman–Crippen MR) is 128 cm³/mol. The highest BCUT2D eigenvalue weighted by molar-refractivity contribution is 7.99. The molecule has 2 aromatic carbocycles. The second-order valence-corrected chi connectivity index (χ2v) is 8.53. The lowest BCUT2D eigenvalue weighted by atomic mass is 10.1. The van der Waals surface area contributed by atoms with Crippen molar-refractivity contribution < 1.29 is 9.53 Å². The Morgan fingerprint density at radius 2 is 1.41 bits per heavy atom. The van der Waals surface area contributed by atoms with Crippen molar-refractivity contribution in [2.45, 2.75) is 4.90 Å². The Hall–Kier alpha value is -3.36. The third-order valence-corrected chi connectivity index (χ3v) is 5.62. The van der Waals surface area contributed by atoms with E-state index in [1.54, 1.807) is 48.2 Å². The molecule has 0 aliphatic heterocycles. The number of carbonyl (C=O) groups excluding carboxylic acids is 1. The van der Waals surface area contributed by atoms with E-state index in [2.05, 4.69) is 19.6 Å². The van der Waals surface area contributed by atoms with Gasteiger partial charge in [-0.15, -0.1) is 11.8 Å².